The summed E-state index contributed by atoms with van der Waals surface area (Å²) in [6, 6.07) is 6.29. The average Bonchev–Trinajstić information content (AvgIpc) is 2.78. The summed E-state index contributed by atoms with van der Waals surface area (Å²) >= 11 is 0. The minimum Gasteiger partial charge on any atom is -0.295 e. The molecule has 2 aromatic rings. The SMILES string of the molecule is CC(=O)c1ccc(-n2ccc(C(C)C)n2)c(F)c1. The maximum atomic E-state index is 13.9. The van der Waals surface area contributed by atoms with Crippen LogP contribution in [0.4, 0.5) is 4.39 Å². The summed E-state index contributed by atoms with van der Waals surface area (Å²) in [6.45, 7) is 5.48. The van der Waals surface area contributed by atoms with E-state index in [1.165, 1.54) is 17.7 Å². The molecule has 1 heterocycles. The van der Waals surface area contributed by atoms with Crippen molar-refractivity contribution in [3.8, 4) is 5.69 Å². The van der Waals surface area contributed by atoms with Crippen molar-refractivity contribution in [3.05, 3.63) is 47.5 Å². The zero-order chi connectivity index (χ0) is 13.3. The number of halogens is 1. The van der Waals surface area contributed by atoms with Gasteiger partial charge in [-0.3, -0.25) is 4.79 Å². The molecule has 0 fully saturated rings. The van der Waals surface area contributed by atoms with Gasteiger partial charge in [-0.05, 0) is 37.1 Å². The molecule has 1 aromatic heterocycles. The lowest BCUT2D eigenvalue weighted by molar-refractivity contribution is 0.101. The minimum absolute atomic E-state index is 0.149. The molecule has 0 aliphatic rings. The molecule has 1 aromatic carbocycles. The molecule has 3 nitrogen and oxygen atoms in total. The monoisotopic (exact) mass is 246 g/mol. The molecule has 4 heteroatoms. The predicted octanol–water partition coefficient (Wildman–Crippen LogP) is 3.34. The second-order valence-corrected chi connectivity index (χ2v) is 4.56. The van der Waals surface area contributed by atoms with Crippen molar-refractivity contribution in [2.24, 2.45) is 0 Å². The van der Waals surface area contributed by atoms with Gasteiger partial charge in [-0.2, -0.15) is 5.10 Å². The van der Waals surface area contributed by atoms with Crippen molar-refractivity contribution in [1.29, 1.82) is 0 Å². The summed E-state index contributed by atoms with van der Waals surface area (Å²) in [7, 11) is 0. The van der Waals surface area contributed by atoms with Gasteiger partial charge in [0.15, 0.2) is 5.78 Å². The van der Waals surface area contributed by atoms with E-state index < -0.39 is 5.82 Å². The van der Waals surface area contributed by atoms with E-state index in [9.17, 15) is 9.18 Å². The van der Waals surface area contributed by atoms with E-state index in [4.69, 9.17) is 0 Å². The smallest absolute Gasteiger partial charge is 0.159 e. The van der Waals surface area contributed by atoms with Gasteiger partial charge in [0.1, 0.15) is 11.5 Å². The highest BCUT2D eigenvalue weighted by molar-refractivity contribution is 5.94. The molecule has 0 aliphatic carbocycles. The molecule has 0 bridgehead atoms. The van der Waals surface area contributed by atoms with Gasteiger partial charge in [-0.1, -0.05) is 13.8 Å². The van der Waals surface area contributed by atoms with Crippen LogP contribution in [0, 0.1) is 5.82 Å². The number of rotatable bonds is 3. The molecule has 0 unspecified atom stereocenters. The Kier molecular flexibility index (Phi) is 3.28. The van der Waals surface area contributed by atoms with Gasteiger partial charge in [0, 0.05) is 11.8 Å². The summed E-state index contributed by atoms with van der Waals surface area (Å²) < 4.78 is 15.4. The summed E-state index contributed by atoms with van der Waals surface area (Å²) in [5.74, 6) is -0.296. The van der Waals surface area contributed by atoms with Crippen LogP contribution in [0.15, 0.2) is 30.5 Å². The number of hydrogen-bond donors (Lipinski definition) is 0. The zero-order valence-electron chi connectivity index (χ0n) is 10.6. The zero-order valence-corrected chi connectivity index (χ0v) is 10.6. The Morgan fingerprint density at radius 3 is 2.56 bits per heavy atom. The number of nitrogens with zero attached hydrogens (tertiary/aromatic N) is 2. The Morgan fingerprint density at radius 2 is 2.06 bits per heavy atom. The van der Waals surface area contributed by atoms with Gasteiger partial charge in [0.25, 0.3) is 0 Å². The summed E-state index contributed by atoms with van der Waals surface area (Å²) in [4.78, 5) is 11.1. The molecule has 0 spiro atoms. The first-order chi connectivity index (χ1) is 8.49. The van der Waals surface area contributed by atoms with Gasteiger partial charge in [0.05, 0.1) is 5.69 Å². The highest BCUT2D eigenvalue weighted by atomic mass is 19.1. The van der Waals surface area contributed by atoms with Crippen molar-refractivity contribution in [2.75, 3.05) is 0 Å². The van der Waals surface area contributed by atoms with Gasteiger partial charge >= 0.3 is 0 Å². The molecule has 0 N–H and O–H groups in total. The highest BCUT2D eigenvalue weighted by Gasteiger charge is 2.10. The van der Waals surface area contributed by atoms with E-state index in [-0.39, 0.29) is 5.78 Å². The fraction of sp³-hybridized carbons (Fsp3) is 0.286. The maximum absolute atomic E-state index is 13.9. The number of hydrogen-bond acceptors (Lipinski definition) is 2. The van der Waals surface area contributed by atoms with Crippen LogP contribution >= 0.6 is 0 Å². The van der Waals surface area contributed by atoms with Crippen LogP contribution in [0.25, 0.3) is 5.69 Å². The molecule has 0 radical (unpaired) electrons. The van der Waals surface area contributed by atoms with Crippen molar-refractivity contribution >= 4 is 5.78 Å². The number of carbonyl (C=O) groups excluding carboxylic acids is 1. The van der Waals surface area contributed by atoms with E-state index in [0.717, 1.165) is 5.69 Å². The molecule has 18 heavy (non-hydrogen) atoms. The summed E-state index contributed by atoms with van der Waals surface area (Å²) in [5.41, 5.74) is 1.63. The molecule has 0 aliphatic heterocycles. The summed E-state index contributed by atoms with van der Waals surface area (Å²) in [5, 5.41) is 4.31. The first kappa shape index (κ1) is 12.5. The molecule has 0 atom stereocenters. The Balaban J connectivity index is 2.41. The topological polar surface area (TPSA) is 34.9 Å². The van der Waals surface area contributed by atoms with Crippen molar-refractivity contribution in [1.82, 2.24) is 9.78 Å². The number of benzene rings is 1. The third-order valence-corrected chi connectivity index (χ3v) is 2.80. The minimum atomic E-state index is -0.443. The number of aromatic nitrogens is 2. The third kappa shape index (κ3) is 2.32. The molecule has 0 saturated heterocycles. The number of carbonyl (C=O) groups is 1. The normalized spacial score (nSPS) is 10.9. The average molecular weight is 246 g/mol. The van der Waals surface area contributed by atoms with Crippen LogP contribution in [0.1, 0.15) is 42.7 Å². The van der Waals surface area contributed by atoms with Crippen molar-refractivity contribution in [2.45, 2.75) is 26.7 Å². The maximum Gasteiger partial charge on any atom is 0.159 e. The molecule has 2 rings (SSSR count). The van der Waals surface area contributed by atoms with Crippen molar-refractivity contribution in [3.63, 3.8) is 0 Å². The lowest BCUT2D eigenvalue weighted by atomic mass is 10.1. The molecule has 0 amide bonds. The highest BCUT2D eigenvalue weighted by Crippen LogP contribution is 2.17. The van der Waals surface area contributed by atoms with Gasteiger partial charge in [0.2, 0.25) is 0 Å². The van der Waals surface area contributed by atoms with E-state index in [1.807, 2.05) is 19.9 Å². The fourth-order valence-electron chi connectivity index (χ4n) is 1.69. The van der Waals surface area contributed by atoms with Gasteiger partial charge < -0.3 is 0 Å². The van der Waals surface area contributed by atoms with Gasteiger partial charge in [-0.15, -0.1) is 0 Å². The first-order valence-corrected chi connectivity index (χ1v) is 5.85. The molecular formula is C14H15FN2O. The number of ketones is 1. The Hall–Kier alpha value is -1.97. The first-order valence-electron chi connectivity index (χ1n) is 5.85. The largest absolute Gasteiger partial charge is 0.295 e. The van der Waals surface area contributed by atoms with Crippen molar-refractivity contribution < 1.29 is 9.18 Å². The molecule has 0 saturated carbocycles. The van der Waals surface area contributed by atoms with Gasteiger partial charge in [-0.25, -0.2) is 9.07 Å². The van der Waals surface area contributed by atoms with Crippen LogP contribution in [-0.2, 0) is 0 Å². The van der Waals surface area contributed by atoms with Crippen LogP contribution in [0.5, 0.6) is 0 Å². The molecular weight excluding hydrogens is 231 g/mol. The lowest BCUT2D eigenvalue weighted by Gasteiger charge is -2.05. The predicted molar refractivity (Wildman–Crippen MR) is 67.6 cm³/mol. The number of Topliss-reactive ketones (excluding diaryl/α,β-unsaturated/α-hetero) is 1. The summed E-state index contributed by atoms with van der Waals surface area (Å²) in [6.07, 6.45) is 1.72. The quantitative estimate of drug-likeness (QED) is 0.778. The Labute approximate surface area is 105 Å². The van der Waals surface area contributed by atoms with E-state index in [1.54, 1.807) is 18.3 Å². The standard InChI is InChI=1S/C14H15FN2O/c1-9(2)13-6-7-17(16-13)14-5-4-11(10(3)18)8-12(14)15/h4-9H,1-3H3. The molecule has 94 valence electrons. The van der Waals surface area contributed by atoms with Crippen LogP contribution < -0.4 is 0 Å². The van der Waals surface area contributed by atoms with E-state index >= 15 is 0 Å². The van der Waals surface area contributed by atoms with Crippen LogP contribution in [0.2, 0.25) is 0 Å². The Morgan fingerprint density at radius 1 is 1.33 bits per heavy atom. The fourth-order valence-corrected chi connectivity index (χ4v) is 1.69. The van der Waals surface area contributed by atoms with Crippen LogP contribution in [-0.4, -0.2) is 15.6 Å². The second kappa shape index (κ2) is 4.72. The lowest BCUT2D eigenvalue weighted by Crippen LogP contribution is -2.02. The Bertz CT molecular complexity index is 587. The van der Waals surface area contributed by atoms with E-state index in [2.05, 4.69) is 5.10 Å². The second-order valence-electron chi connectivity index (χ2n) is 4.56. The van der Waals surface area contributed by atoms with E-state index in [0.29, 0.717) is 17.2 Å². The van der Waals surface area contributed by atoms with Crippen LogP contribution in [0.3, 0.4) is 0 Å². The third-order valence-electron chi connectivity index (χ3n) is 2.80.